The van der Waals surface area contributed by atoms with Gasteiger partial charge < -0.3 is 14.7 Å². The molecule has 1 aliphatic rings. The van der Waals surface area contributed by atoms with Crippen molar-refractivity contribution in [1.29, 1.82) is 0 Å². The average molecular weight is 187 g/mol. The van der Waals surface area contributed by atoms with E-state index in [1.54, 1.807) is 0 Å². The molecule has 0 radical (unpaired) electrons. The average Bonchev–Trinajstić information content (AvgIpc) is 2.63. The van der Waals surface area contributed by atoms with Crippen molar-refractivity contribution in [2.24, 2.45) is 5.41 Å². The van der Waals surface area contributed by atoms with Crippen LogP contribution in [0.15, 0.2) is 0 Å². The summed E-state index contributed by atoms with van der Waals surface area (Å²) in [6, 6.07) is 0. The smallest absolute Gasteiger partial charge is 0.0557 e. The number of hydrogen-bond donors (Lipinski definition) is 1. The molecule has 0 amide bonds. The molecule has 0 aliphatic carbocycles. The van der Waals surface area contributed by atoms with Gasteiger partial charge >= 0.3 is 0 Å². The summed E-state index contributed by atoms with van der Waals surface area (Å²) in [4.78, 5) is 2.35. The van der Waals surface area contributed by atoms with Crippen molar-refractivity contribution in [2.45, 2.75) is 20.3 Å². The lowest BCUT2D eigenvalue weighted by Gasteiger charge is -2.31. The van der Waals surface area contributed by atoms with Crippen molar-refractivity contribution in [3.05, 3.63) is 0 Å². The Hall–Kier alpha value is -0.120. The van der Waals surface area contributed by atoms with Gasteiger partial charge in [-0.25, -0.2) is 0 Å². The third kappa shape index (κ3) is 2.66. The number of rotatable bonds is 5. The Bertz CT molecular complexity index is 140. The summed E-state index contributed by atoms with van der Waals surface area (Å²) in [6.45, 7) is 9.17. The van der Waals surface area contributed by atoms with Gasteiger partial charge in [0.15, 0.2) is 0 Å². The lowest BCUT2D eigenvalue weighted by atomic mass is 9.88. The fourth-order valence-electron chi connectivity index (χ4n) is 1.87. The van der Waals surface area contributed by atoms with Crippen LogP contribution in [0.5, 0.6) is 0 Å². The van der Waals surface area contributed by atoms with E-state index in [9.17, 15) is 5.11 Å². The van der Waals surface area contributed by atoms with E-state index in [-0.39, 0.29) is 12.0 Å². The molecule has 1 unspecified atom stereocenters. The number of aliphatic hydroxyl groups is 1. The van der Waals surface area contributed by atoms with Gasteiger partial charge in [0.05, 0.1) is 13.2 Å². The molecule has 0 spiro atoms. The van der Waals surface area contributed by atoms with Crippen LogP contribution in [0.3, 0.4) is 0 Å². The Morgan fingerprint density at radius 1 is 1.38 bits per heavy atom. The van der Waals surface area contributed by atoms with Gasteiger partial charge in [-0.15, -0.1) is 0 Å². The molecule has 0 aromatic heterocycles. The summed E-state index contributed by atoms with van der Waals surface area (Å²) in [6.07, 6.45) is 1.00. The molecule has 1 aliphatic heterocycles. The van der Waals surface area contributed by atoms with Gasteiger partial charge in [-0.3, -0.25) is 0 Å². The Morgan fingerprint density at radius 3 is 2.46 bits per heavy atom. The molecule has 0 bridgehead atoms. The predicted octanol–water partition coefficient (Wildman–Crippen LogP) is 0.727. The van der Waals surface area contributed by atoms with Crippen molar-refractivity contribution < 1.29 is 9.84 Å². The Kier molecular flexibility index (Phi) is 4.16. The standard InChI is InChI=1S/C10H21NO2/c1-3-11(4-2)7-10(8-12)5-6-13-9-10/h12H,3-9H2,1-2H3. The quantitative estimate of drug-likeness (QED) is 0.688. The molecule has 0 saturated carbocycles. The Morgan fingerprint density at radius 2 is 2.08 bits per heavy atom. The van der Waals surface area contributed by atoms with E-state index < -0.39 is 0 Å². The van der Waals surface area contributed by atoms with E-state index in [0.29, 0.717) is 0 Å². The summed E-state index contributed by atoms with van der Waals surface area (Å²) in [5.41, 5.74) is 0.0199. The van der Waals surface area contributed by atoms with Crippen LogP contribution in [0.25, 0.3) is 0 Å². The van der Waals surface area contributed by atoms with Gasteiger partial charge in [0.2, 0.25) is 0 Å². The molecule has 1 fully saturated rings. The molecule has 0 aromatic carbocycles. The second-order valence-corrected chi connectivity index (χ2v) is 3.92. The topological polar surface area (TPSA) is 32.7 Å². The maximum Gasteiger partial charge on any atom is 0.0557 e. The van der Waals surface area contributed by atoms with Crippen molar-refractivity contribution in [2.75, 3.05) is 39.5 Å². The maximum atomic E-state index is 9.35. The fourth-order valence-corrected chi connectivity index (χ4v) is 1.87. The predicted molar refractivity (Wildman–Crippen MR) is 52.7 cm³/mol. The second-order valence-electron chi connectivity index (χ2n) is 3.92. The van der Waals surface area contributed by atoms with Gasteiger partial charge in [0, 0.05) is 18.6 Å². The van der Waals surface area contributed by atoms with Crippen LogP contribution < -0.4 is 0 Å². The summed E-state index contributed by atoms with van der Waals surface area (Å²) in [5.74, 6) is 0. The Balaban J connectivity index is 2.46. The lowest BCUT2D eigenvalue weighted by Crippen LogP contribution is -2.40. The van der Waals surface area contributed by atoms with Gasteiger partial charge in [-0.05, 0) is 19.5 Å². The molecular formula is C10H21NO2. The van der Waals surface area contributed by atoms with Gasteiger partial charge in [0.25, 0.3) is 0 Å². The van der Waals surface area contributed by atoms with Crippen LogP contribution in [0.1, 0.15) is 20.3 Å². The number of aliphatic hydroxyl groups excluding tert-OH is 1. The van der Waals surface area contributed by atoms with Crippen molar-refractivity contribution in [1.82, 2.24) is 4.90 Å². The third-order valence-corrected chi connectivity index (χ3v) is 2.97. The van der Waals surface area contributed by atoms with Crippen molar-refractivity contribution in [3.63, 3.8) is 0 Å². The first-order valence-corrected chi connectivity index (χ1v) is 5.17. The van der Waals surface area contributed by atoms with Crippen LogP contribution in [0.4, 0.5) is 0 Å². The third-order valence-electron chi connectivity index (χ3n) is 2.97. The van der Waals surface area contributed by atoms with Crippen LogP contribution in [-0.2, 0) is 4.74 Å². The van der Waals surface area contributed by atoms with E-state index in [1.165, 1.54) is 0 Å². The summed E-state index contributed by atoms with van der Waals surface area (Å²) in [5, 5.41) is 9.35. The zero-order valence-electron chi connectivity index (χ0n) is 8.75. The zero-order valence-corrected chi connectivity index (χ0v) is 8.75. The maximum absolute atomic E-state index is 9.35. The molecule has 1 rings (SSSR count). The van der Waals surface area contributed by atoms with Gasteiger partial charge in [0.1, 0.15) is 0 Å². The first-order chi connectivity index (χ1) is 6.26. The monoisotopic (exact) mass is 187 g/mol. The van der Waals surface area contributed by atoms with Crippen molar-refractivity contribution >= 4 is 0 Å². The van der Waals surface area contributed by atoms with Crippen LogP contribution in [0.2, 0.25) is 0 Å². The molecule has 3 heteroatoms. The Labute approximate surface area is 80.7 Å². The van der Waals surface area contributed by atoms with E-state index in [0.717, 1.165) is 39.3 Å². The highest BCUT2D eigenvalue weighted by molar-refractivity contribution is 4.85. The first-order valence-electron chi connectivity index (χ1n) is 5.17. The molecule has 13 heavy (non-hydrogen) atoms. The van der Waals surface area contributed by atoms with Gasteiger partial charge in [-0.2, -0.15) is 0 Å². The summed E-state index contributed by atoms with van der Waals surface area (Å²) >= 11 is 0. The number of nitrogens with zero attached hydrogens (tertiary/aromatic N) is 1. The molecule has 78 valence electrons. The fraction of sp³-hybridized carbons (Fsp3) is 1.00. The minimum Gasteiger partial charge on any atom is -0.396 e. The highest BCUT2D eigenvalue weighted by Crippen LogP contribution is 2.28. The normalized spacial score (nSPS) is 28.6. The van der Waals surface area contributed by atoms with Crippen LogP contribution in [-0.4, -0.2) is 49.5 Å². The molecular weight excluding hydrogens is 166 g/mol. The first kappa shape index (κ1) is 11.0. The molecule has 1 N–H and O–H groups in total. The highest BCUT2D eigenvalue weighted by atomic mass is 16.5. The minimum absolute atomic E-state index is 0.0199. The second kappa shape index (κ2) is 4.94. The van der Waals surface area contributed by atoms with Crippen molar-refractivity contribution in [3.8, 4) is 0 Å². The largest absolute Gasteiger partial charge is 0.396 e. The zero-order chi connectivity index (χ0) is 9.73. The van der Waals surface area contributed by atoms with E-state index in [1.807, 2.05) is 0 Å². The molecule has 1 saturated heterocycles. The van der Waals surface area contributed by atoms with Gasteiger partial charge in [-0.1, -0.05) is 13.8 Å². The SMILES string of the molecule is CCN(CC)CC1(CO)CCOC1. The van der Waals surface area contributed by atoms with E-state index >= 15 is 0 Å². The summed E-state index contributed by atoms with van der Waals surface area (Å²) in [7, 11) is 0. The van der Waals surface area contributed by atoms with E-state index in [4.69, 9.17) is 4.74 Å². The summed E-state index contributed by atoms with van der Waals surface area (Å²) < 4.78 is 5.35. The van der Waals surface area contributed by atoms with Crippen LogP contribution >= 0.6 is 0 Å². The minimum atomic E-state index is 0.0199. The lowest BCUT2D eigenvalue weighted by molar-refractivity contribution is 0.0599. The molecule has 0 aromatic rings. The molecule has 3 nitrogen and oxygen atoms in total. The molecule has 1 heterocycles. The van der Waals surface area contributed by atoms with E-state index in [2.05, 4.69) is 18.7 Å². The molecule has 1 atom stereocenters. The number of hydrogen-bond acceptors (Lipinski definition) is 3. The van der Waals surface area contributed by atoms with Crippen LogP contribution in [0, 0.1) is 5.41 Å². The highest BCUT2D eigenvalue weighted by Gasteiger charge is 2.35. The number of ether oxygens (including phenoxy) is 1.